The number of rotatable bonds is 5. The topological polar surface area (TPSA) is 73.3 Å². The van der Waals surface area contributed by atoms with Crippen LogP contribution in [0.25, 0.3) is 10.1 Å². The highest BCUT2D eigenvalue weighted by Crippen LogP contribution is 2.33. The lowest BCUT2D eigenvalue weighted by molar-refractivity contribution is 0.0698. The fraction of sp³-hybridized carbons (Fsp3) is 0.333. The van der Waals surface area contributed by atoms with Gasteiger partial charge in [-0.2, -0.15) is 4.31 Å². The molecule has 0 aliphatic carbocycles. The summed E-state index contributed by atoms with van der Waals surface area (Å²) in [7, 11) is -3.62. The lowest BCUT2D eigenvalue weighted by Crippen LogP contribution is -2.50. The Morgan fingerprint density at radius 1 is 1.03 bits per heavy atom. The minimum atomic E-state index is -3.62. The monoisotopic (exact) mass is 516 g/mol. The van der Waals surface area contributed by atoms with Crippen molar-refractivity contribution in [3.05, 3.63) is 64.7 Å². The predicted octanol–water partition coefficient (Wildman–Crippen LogP) is 3.78. The van der Waals surface area contributed by atoms with E-state index < -0.39 is 10.0 Å². The van der Waals surface area contributed by atoms with Gasteiger partial charge in [-0.05, 0) is 42.6 Å². The molecule has 1 saturated heterocycles. The van der Waals surface area contributed by atoms with Gasteiger partial charge in [0.25, 0.3) is 15.9 Å². The highest BCUT2D eigenvalue weighted by molar-refractivity contribution is 7.91. The van der Waals surface area contributed by atoms with E-state index in [1.165, 1.54) is 15.6 Å². The third kappa shape index (κ3) is 4.33. The Kier molecular flexibility index (Phi) is 6.37. The third-order valence-electron chi connectivity index (χ3n) is 6.28. The highest BCUT2D eigenvalue weighted by Gasteiger charge is 2.31. The van der Waals surface area contributed by atoms with Crippen LogP contribution in [-0.4, -0.2) is 80.1 Å². The molecule has 0 radical (unpaired) electrons. The molecule has 1 amide bonds. The minimum Gasteiger partial charge on any atom is -0.355 e. The van der Waals surface area contributed by atoms with Gasteiger partial charge >= 0.3 is 0 Å². The van der Waals surface area contributed by atoms with Crippen LogP contribution >= 0.6 is 22.9 Å². The summed E-state index contributed by atoms with van der Waals surface area (Å²) in [6, 6.07) is 14.6. The van der Waals surface area contributed by atoms with Gasteiger partial charge in [0.05, 0.1) is 6.54 Å². The number of hydrogen-bond donors (Lipinski definition) is 0. The van der Waals surface area contributed by atoms with Gasteiger partial charge in [0.15, 0.2) is 0 Å². The summed E-state index contributed by atoms with van der Waals surface area (Å²) in [6.07, 6.45) is 0. The molecule has 2 aromatic carbocycles. The number of likely N-dealkylation sites (N-methyl/N-ethyl adjacent to an activating group) is 1. The van der Waals surface area contributed by atoms with Crippen LogP contribution in [0, 0.1) is 0 Å². The fourth-order valence-corrected chi connectivity index (χ4v) is 7.63. The second kappa shape index (κ2) is 9.30. The quantitative estimate of drug-likeness (QED) is 0.517. The number of amidine groups is 1. The number of piperazine rings is 1. The zero-order valence-electron chi connectivity index (χ0n) is 18.8. The molecule has 2 aliphatic rings. The largest absolute Gasteiger partial charge is 0.355 e. The number of amides is 1. The Hall–Kier alpha value is -2.46. The molecule has 10 heteroatoms. The second-order valence-corrected chi connectivity index (χ2v) is 12.0. The van der Waals surface area contributed by atoms with E-state index in [1.54, 1.807) is 23.1 Å². The molecule has 34 heavy (non-hydrogen) atoms. The van der Waals surface area contributed by atoms with Crippen molar-refractivity contribution in [2.75, 3.05) is 45.8 Å². The lowest BCUT2D eigenvalue weighted by Gasteiger charge is -2.33. The molecular formula is C24H25ClN4O3S2. The van der Waals surface area contributed by atoms with E-state index in [1.807, 2.05) is 30.3 Å². The van der Waals surface area contributed by atoms with Crippen molar-refractivity contribution in [1.82, 2.24) is 14.1 Å². The highest BCUT2D eigenvalue weighted by atomic mass is 35.5. The van der Waals surface area contributed by atoms with E-state index >= 15 is 0 Å². The van der Waals surface area contributed by atoms with Crippen LogP contribution < -0.4 is 0 Å². The summed E-state index contributed by atoms with van der Waals surface area (Å²) >= 11 is 7.26. The molecule has 3 aromatic rings. The molecule has 2 aliphatic heterocycles. The molecule has 0 unspecified atom stereocenters. The lowest BCUT2D eigenvalue weighted by atomic mass is 10.1. The molecule has 0 atom stereocenters. The Balaban J connectivity index is 1.25. The molecule has 1 fully saturated rings. The number of hydrogen-bond acceptors (Lipinski definition) is 6. The summed E-state index contributed by atoms with van der Waals surface area (Å²) in [6.45, 7) is 5.98. The van der Waals surface area contributed by atoms with E-state index in [9.17, 15) is 13.2 Å². The Bertz CT molecular complexity index is 1360. The summed E-state index contributed by atoms with van der Waals surface area (Å²) in [5.41, 5.74) is 1.61. The Morgan fingerprint density at radius 3 is 2.47 bits per heavy atom. The summed E-state index contributed by atoms with van der Waals surface area (Å²) in [5.74, 6) is 0.893. The van der Waals surface area contributed by atoms with Crippen LogP contribution in [0.4, 0.5) is 0 Å². The zero-order chi connectivity index (χ0) is 23.9. The van der Waals surface area contributed by atoms with Gasteiger partial charge in [0.1, 0.15) is 10.0 Å². The number of fused-ring (bicyclic) bond motifs is 1. The van der Waals surface area contributed by atoms with Gasteiger partial charge in [-0.25, -0.2) is 8.42 Å². The van der Waals surface area contributed by atoms with Gasteiger partial charge in [-0.15, -0.1) is 11.3 Å². The summed E-state index contributed by atoms with van der Waals surface area (Å²) < 4.78 is 29.0. The first kappa shape index (κ1) is 23.3. The van der Waals surface area contributed by atoms with E-state index in [0.717, 1.165) is 41.1 Å². The van der Waals surface area contributed by atoms with Crippen LogP contribution in [0.15, 0.2) is 57.7 Å². The maximum absolute atomic E-state index is 13.2. The van der Waals surface area contributed by atoms with Crippen LogP contribution in [0.3, 0.4) is 0 Å². The van der Waals surface area contributed by atoms with Crippen molar-refractivity contribution >= 4 is 54.8 Å². The maximum atomic E-state index is 13.2. The molecule has 0 spiro atoms. The first-order valence-electron chi connectivity index (χ1n) is 11.2. The van der Waals surface area contributed by atoms with Crippen molar-refractivity contribution in [2.45, 2.75) is 11.1 Å². The molecule has 3 heterocycles. The molecule has 7 nitrogen and oxygen atoms in total. The average molecular weight is 517 g/mol. The van der Waals surface area contributed by atoms with Crippen molar-refractivity contribution < 1.29 is 13.2 Å². The number of nitrogens with zero attached hydrogens (tertiary/aromatic N) is 4. The van der Waals surface area contributed by atoms with Gasteiger partial charge in [0.2, 0.25) is 0 Å². The van der Waals surface area contributed by atoms with Crippen molar-refractivity contribution in [3.8, 4) is 0 Å². The van der Waals surface area contributed by atoms with E-state index in [-0.39, 0.29) is 19.0 Å². The van der Waals surface area contributed by atoms with Crippen molar-refractivity contribution in [1.29, 1.82) is 0 Å². The minimum absolute atomic E-state index is 0.0826. The molecule has 0 saturated carbocycles. The molecule has 178 valence electrons. The fourth-order valence-electron chi connectivity index (χ4n) is 4.38. The first-order valence-corrected chi connectivity index (χ1v) is 13.9. The number of carbonyl (C=O) groups excluding carboxylic acids is 1. The Morgan fingerprint density at radius 2 is 1.76 bits per heavy atom. The van der Waals surface area contributed by atoms with E-state index in [2.05, 4.69) is 16.8 Å². The standard InChI is InChI=1S/C24H25ClN4O3S2/c1-2-27-10-9-26-23(27)17-3-5-18(6-4-17)24(30)28-11-13-29(14-12-28)34(31,32)22-15-19-7-8-20(25)16-21(19)33-22/h3-8,15-16H,2,9-14H2,1H3. The Labute approximate surface area is 208 Å². The average Bonchev–Trinajstić information content (AvgIpc) is 3.51. The number of carbonyl (C=O) groups is 1. The van der Waals surface area contributed by atoms with Crippen LogP contribution in [0.2, 0.25) is 5.02 Å². The van der Waals surface area contributed by atoms with Gasteiger partial charge < -0.3 is 9.80 Å². The van der Waals surface area contributed by atoms with Crippen LogP contribution in [-0.2, 0) is 10.0 Å². The van der Waals surface area contributed by atoms with Crippen molar-refractivity contribution in [2.24, 2.45) is 4.99 Å². The predicted molar refractivity (Wildman–Crippen MR) is 137 cm³/mol. The smallest absolute Gasteiger partial charge is 0.253 e. The third-order valence-corrected chi connectivity index (χ3v) is 9.96. The summed E-state index contributed by atoms with van der Waals surface area (Å²) in [4.78, 5) is 21.6. The SMILES string of the molecule is CCN1CCN=C1c1ccc(C(=O)N2CCN(S(=O)(=O)c3cc4ccc(Cl)cc4s3)CC2)cc1. The van der Waals surface area contributed by atoms with Gasteiger partial charge in [-0.3, -0.25) is 9.79 Å². The number of sulfonamides is 1. The van der Waals surface area contributed by atoms with Gasteiger partial charge in [0, 0.05) is 60.1 Å². The molecule has 0 N–H and O–H groups in total. The zero-order valence-corrected chi connectivity index (χ0v) is 21.2. The molecule has 0 bridgehead atoms. The molecule has 5 rings (SSSR count). The van der Waals surface area contributed by atoms with Crippen LogP contribution in [0.1, 0.15) is 22.8 Å². The normalized spacial score (nSPS) is 17.4. The van der Waals surface area contributed by atoms with Crippen molar-refractivity contribution in [3.63, 3.8) is 0 Å². The molecular weight excluding hydrogens is 492 g/mol. The number of benzene rings is 2. The number of aliphatic imine (C=N–C) groups is 1. The first-order chi connectivity index (χ1) is 16.4. The van der Waals surface area contributed by atoms with E-state index in [4.69, 9.17) is 11.6 Å². The molecule has 1 aromatic heterocycles. The van der Waals surface area contributed by atoms with E-state index in [0.29, 0.717) is 27.9 Å². The second-order valence-electron chi connectivity index (χ2n) is 8.31. The van der Waals surface area contributed by atoms with Crippen LogP contribution in [0.5, 0.6) is 0 Å². The number of thiophene rings is 1. The van der Waals surface area contributed by atoms with Gasteiger partial charge in [-0.1, -0.05) is 29.8 Å². The summed E-state index contributed by atoms with van der Waals surface area (Å²) in [5, 5.41) is 1.44. The number of halogens is 1. The maximum Gasteiger partial charge on any atom is 0.253 e.